The van der Waals surface area contributed by atoms with Crippen molar-refractivity contribution < 1.29 is 4.79 Å². The van der Waals surface area contributed by atoms with Crippen LogP contribution in [-0.2, 0) is 11.3 Å². The molecule has 0 aliphatic rings. The van der Waals surface area contributed by atoms with Crippen molar-refractivity contribution in [1.29, 1.82) is 0 Å². The maximum Gasteiger partial charge on any atom is 0.269 e. The number of anilines is 1. The van der Waals surface area contributed by atoms with Gasteiger partial charge in [0.1, 0.15) is 12.8 Å². The molecule has 14 heavy (non-hydrogen) atoms. The summed E-state index contributed by atoms with van der Waals surface area (Å²) in [4.78, 5) is 23.5. The Morgan fingerprint density at radius 2 is 2.36 bits per heavy atom. The van der Waals surface area contributed by atoms with Crippen LogP contribution in [-0.4, -0.2) is 29.7 Å². The Bertz CT molecular complexity index is 373. The summed E-state index contributed by atoms with van der Waals surface area (Å²) in [6.45, 7) is 2.80. The summed E-state index contributed by atoms with van der Waals surface area (Å²) in [7, 11) is 1.88. The summed E-state index contributed by atoms with van der Waals surface area (Å²) < 4.78 is 1.12. The van der Waals surface area contributed by atoms with Gasteiger partial charge in [-0.25, -0.2) is 4.68 Å². The van der Waals surface area contributed by atoms with E-state index in [9.17, 15) is 9.59 Å². The third kappa shape index (κ3) is 2.18. The van der Waals surface area contributed by atoms with E-state index in [1.54, 1.807) is 6.20 Å². The fraction of sp³-hybridized carbons (Fsp3) is 0.444. The molecule has 0 bridgehead atoms. The molecular weight excluding hydrogens is 182 g/mol. The van der Waals surface area contributed by atoms with Crippen molar-refractivity contribution in [2.75, 3.05) is 18.5 Å². The van der Waals surface area contributed by atoms with Gasteiger partial charge in [0.15, 0.2) is 0 Å². The van der Waals surface area contributed by atoms with E-state index < -0.39 is 0 Å². The van der Waals surface area contributed by atoms with Crippen LogP contribution in [0.5, 0.6) is 0 Å². The van der Waals surface area contributed by atoms with Crippen molar-refractivity contribution in [3.05, 3.63) is 22.6 Å². The van der Waals surface area contributed by atoms with Crippen LogP contribution < -0.4 is 10.5 Å². The van der Waals surface area contributed by atoms with Gasteiger partial charge in [-0.1, -0.05) is 0 Å². The predicted octanol–water partition coefficient (Wildman–Crippen LogP) is -0.102. The van der Waals surface area contributed by atoms with Crippen molar-refractivity contribution in [3.8, 4) is 0 Å². The summed E-state index contributed by atoms with van der Waals surface area (Å²) in [6.07, 6.45) is 2.23. The molecule has 5 heteroatoms. The first-order valence-corrected chi connectivity index (χ1v) is 4.41. The SMILES string of the molecule is CCN(C)c1cnn(CC=O)c(=O)c1. The highest BCUT2D eigenvalue weighted by Crippen LogP contribution is 2.05. The van der Waals surface area contributed by atoms with Gasteiger partial charge >= 0.3 is 0 Å². The van der Waals surface area contributed by atoms with Gasteiger partial charge in [-0.15, -0.1) is 0 Å². The Hall–Kier alpha value is -1.65. The molecule has 76 valence electrons. The molecule has 1 heterocycles. The lowest BCUT2D eigenvalue weighted by atomic mass is 10.4. The van der Waals surface area contributed by atoms with Gasteiger partial charge in [0.25, 0.3) is 5.56 Å². The quantitative estimate of drug-likeness (QED) is 0.629. The van der Waals surface area contributed by atoms with Crippen LogP contribution in [0.15, 0.2) is 17.1 Å². The van der Waals surface area contributed by atoms with Gasteiger partial charge in [-0.3, -0.25) is 4.79 Å². The minimum atomic E-state index is -0.255. The molecule has 0 spiro atoms. The summed E-state index contributed by atoms with van der Waals surface area (Å²) in [5, 5.41) is 3.87. The Morgan fingerprint density at radius 3 is 2.86 bits per heavy atom. The Morgan fingerprint density at radius 1 is 1.64 bits per heavy atom. The number of hydrogen-bond donors (Lipinski definition) is 0. The molecular formula is C9H13N3O2. The molecule has 0 aliphatic carbocycles. The van der Waals surface area contributed by atoms with Crippen LogP contribution >= 0.6 is 0 Å². The molecule has 1 aromatic rings. The molecule has 0 aromatic carbocycles. The molecule has 1 aromatic heterocycles. The topological polar surface area (TPSA) is 55.2 Å². The molecule has 0 radical (unpaired) electrons. The molecule has 0 saturated carbocycles. The first-order valence-electron chi connectivity index (χ1n) is 4.41. The van der Waals surface area contributed by atoms with Gasteiger partial charge in [0, 0.05) is 19.7 Å². The number of rotatable bonds is 4. The summed E-state index contributed by atoms with van der Waals surface area (Å²) in [5.41, 5.74) is 0.509. The second-order valence-electron chi connectivity index (χ2n) is 2.91. The number of aldehydes is 1. The third-order valence-corrected chi connectivity index (χ3v) is 2.02. The molecule has 0 fully saturated rings. The van der Waals surface area contributed by atoms with Crippen LogP contribution in [0.25, 0.3) is 0 Å². The number of aromatic nitrogens is 2. The van der Waals surface area contributed by atoms with E-state index in [-0.39, 0.29) is 12.1 Å². The van der Waals surface area contributed by atoms with Crippen LogP contribution in [0.3, 0.4) is 0 Å². The normalized spacial score (nSPS) is 9.86. The zero-order chi connectivity index (χ0) is 10.6. The van der Waals surface area contributed by atoms with Crippen LogP contribution in [0, 0.1) is 0 Å². The molecule has 5 nitrogen and oxygen atoms in total. The van der Waals surface area contributed by atoms with E-state index in [0.717, 1.165) is 16.9 Å². The van der Waals surface area contributed by atoms with E-state index >= 15 is 0 Å². The summed E-state index contributed by atoms with van der Waals surface area (Å²) in [5.74, 6) is 0. The molecule has 0 amide bonds. The van der Waals surface area contributed by atoms with E-state index in [4.69, 9.17) is 0 Å². The average Bonchev–Trinajstić information content (AvgIpc) is 2.20. The highest BCUT2D eigenvalue weighted by Gasteiger charge is 2.02. The predicted molar refractivity (Wildman–Crippen MR) is 53.5 cm³/mol. The van der Waals surface area contributed by atoms with E-state index in [1.165, 1.54) is 6.07 Å². The van der Waals surface area contributed by atoms with Crippen LogP contribution in [0.1, 0.15) is 6.92 Å². The summed E-state index contributed by atoms with van der Waals surface area (Å²) >= 11 is 0. The summed E-state index contributed by atoms with van der Waals surface area (Å²) in [6, 6.07) is 1.47. The van der Waals surface area contributed by atoms with E-state index in [0.29, 0.717) is 6.29 Å². The van der Waals surface area contributed by atoms with Gasteiger partial charge in [-0.2, -0.15) is 5.10 Å². The molecule has 0 aliphatic heterocycles. The molecule has 0 N–H and O–H groups in total. The second kappa shape index (κ2) is 4.55. The van der Waals surface area contributed by atoms with E-state index in [1.807, 2.05) is 18.9 Å². The average molecular weight is 195 g/mol. The van der Waals surface area contributed by atoms with E-state index in [2.05, 4.69) is 5.10 Å². The highest BCUT2D eigenvalue weighted by molar-refractivity contribution is 5.49. The van der Waals surface area contributed by atoms with Gasteiger partial charge < -0.3 is 9.69 Å². The van der Waals surface area contributed by atoms with Crippen LogP contribution in [0.2, 0.25) is 0 Å². The Balaban J connectivity index is 3.00. The first kappa shape index (κ1) is 10.4. The number of carbonyl (C=O) groups excluding carboxylic acids is 1. The lowest BCUT2D eigenvalue weighted by molar-refractivity contribution is -0.108. The Labute approximate surface area is 82.0 Å². The largest absolute Gasteiger partial charge is 0.373 e. The van der Waals surface area contributed by atoms with Crippen LogP contribution in [0.4, 0.5) is 5.69 Å². The fourth-order valence-electron chi connectivity index (χ4n) is 1.02. The third-order valence-electron chi connectivity index (χ3n) is 2.02. The number of carbonyl (C=O) groups is 1. The molecule has 0 saturated heterocycles. The monoisotopic (exact) mass is 195 g/mol. The Kier molecular flexibility index (Phi) is 3.39. The van der Waals surface area contributed by atoms with Gasteiger partial charge in [-0.05, 0) is 6.92 Å². The fourth-order valence-corrected chi connectivity index (χ4v) is 1.02. The second-order valence-corrected chi connectivity index (χ2v) is 2.91. The molecule has 0 atom stereocenters. The molecule has 1 rings (SSSR count). The zero-order valence-electron chi connectivity index (χ0n) is 8.30. The number of hydrogen-bond acceptors (Lipinski definition) is 4. The van der Waals surface area contributed by atoms with Gasteiger partial charge in [0.05, 0.1) is 11.9 Å². The minimum absolute atomic E-state index is 0.00888. The zero-order valence-corrected chi connectivity index (χ0v) is 8.30. The standard InChI is InChI=1S/C9H13N3O2/c1-3-11(2)8-6-9(14)12(4-5-13)10-7-8/h5-7H,3-4H2,1-2H3. The minimum Gasteiger partial charge on any atom is -0.373 e. The maximum absolute atomic E-state index is 11.4. The van der Waals surface area contributed by atoms with Crippen molar-refractivity contribution in [3.63, 3.8) is 0 Å². The highest BCUT2D eigenvalue weighted by atomic mass is 16.1. The van der Waals surface area contributed by atoms with Crippen molar-refractivity contribution >= 4 is 12.0 Å². The first-order chi connectivity index (χ1) is 6.69. The van der Waals surface area contributed by atoms with Crippen molar-refractivity contribution in [2.45, 2.75) is 13.5 Å². The molecule has 0 unspecified atom stereocenters. The van der Waals surface area contributed by atoms with Crippen molar-refractivity contribution in [2.24, 2.45) is 0 Å². The maximum atomic E-state index is 11.4. The lowest BCUT2D eigenvalue weighted by Gasteiger charge is -2.15. The lowest BCUT2D eigenvalue weighted by Crippen LogP contribution is -2.25. The van der Waals surface area contributed by atoms with Gasteiger partial charge in [0.2, 0.25) is 0 Å². The smallest absolute Gasteiger partial charge is 0.269 e. The number of nitrogens with zero attached hydrogens (tertiary/aromatic N) is 3. The van der Waals surface area contributed by atoms with Crippen molar-refractivity contribution in [1.82, 2.24) is 9.78 Å².